The summed E-state index contributed by atoms with van der Waals surface area (Å²) in [7, 11) is 0. The van der Waals surface area contributed by atoms with Gasteiger partial charge in [-0.1, -0.05) is 38.1 Å². The molecule has 15 heavy (non-hydrogen) atoms. The van der Waals surface area contributed by atoms with Crippen molar-refractivity contribution in [2.75, 3.05) is 0 Å². The fourth-order valence-electron chi connectivity index (χ4n) is 1.53. The zero-order valence-corrected chi connectivity index (χ0v) is 9.62. The second kappa shape index (κ2) is 5.30. The number of hydrogen-bond donors (Lipinski definition) is 0. The Balaban J connectivity index is 0.000000531. The summed E-state index contributed by atoms with van der Waals surface area (Å²) in [5.74, 6) is 0. The third kappa shape index (κ3) is 2.44. The first-order valence-electron chi connectivity index (χ1n) is 5.27. The van der Waals surface area contributed by atoms with Crippen LogP contribution in [0, 0.1) is 6.92 Å². The van der Waals surface area contributed by atoms with Crippen LogP contribution in [0.5, 0.6) is 0 Å². The van der Waals surface area contributed by atoms with Crippen LogP contribution in [0.1, 0.15) is 19.4 Å². The maximum absolute atomic E-state index is 3.90. The second-order valence-electron chi connectivity index (χ2n) is 3.14. The van der Waals surface area contributed by atoms with Crippen molar-refractivity contribution in [3.8, 4) is 0 Å². The number of hydrogen-bond acceptors (Lipinski definition) is 1. The highest BCUT2D eigenvalue weighted by Crippen LogP contribution is 2.23. The van der Waals surface area contributed by atoms with Gasteiger partial charge < -0.3 is 0 Å². The number of fused-ring (bicyclic) bond motifs is 1. The topological polar surface area (TPSA) is 12.4 Å². The standard InChI is InChI=1S/C12H11N.C2H6/c1-9-4-3-5-10-8-11(13-2)6-7-12(9)10;1-2/h3-8H,2H2,1H3;1-2H3. The Morgan fingerprint density at radius 1 is 1.07 bits per heavy atom. The monoisotopic (exact) mass is 199 g/mol. The molecular formula is C14H17N. The van der Waals surface area contributed by atoms with Crippen molar-refractivity contribution >= 4 is 23.2 Å². The van der Waals surface area contributed by atoms with Crippen LogP contribution in [0.3, 0.4) is 0 Å². The van der Waals surface area contributed by atoms with Crippen molar-refractivity contribution in [2.45, 2.75) is 20.8 Å². The lowest BCUT2D eigenvalue weighted by Crippen LogP contribution is -1.76. The summed E-state index contributed by atoms with van der Waals surface area (Å²) >= 11 is 0. The first-order chi connectivity index (χ1) is 7.31. The molecule has 2 rings (SSSR count). The summed E-state index contributed by atoms with van der Waals surface area (Å²) in [6.45, 7) is 9.62. The van der Waals surface area contributed by atoms with E-state index in [1.54, 1.807) is 0 Å². The maximum Gasteiger partial charge on any atom is 0.0628 e. The van der Waals surface area contributed by atoms with E-state index in [1.807, 2.05) is 19.9 Å². The van der Waals surface area contributed by atoms with E-state index >= 15 is 0 Å². The van der Waals surface area contributed by atoms with Crippen molar-refractivity contribution in [3.63, 3.8) is 0 Å². The smallest absolute Gasteiger partial charge is 0.0628 e. The number of aliphatic imine (C=N–C) groups is 1. The van der Waals surface area contributed by atoms with E-state index in [0.717, 1.165) is 5.69 Å². The van der Waals surface area contributed by atoms with Crippen molar-refractivity contribution in [1.82, 2.24) is 0 Å². The summed E-state index contributed by atoms with van der Waals surface area (Å²) in [5.41, 5.74) is 2.23. The zero-order valence-electron chi connectivity index (χ0n) is 9.62. The van der Waals surface area contributed by atoms with Crippen molar-refractivity contribution in [1.29, 1.82) is 0 Å². The Hall–Kier alpha value is -1.63. The summed E-state index contributed by atoms with van der Waals surface area (Å²) in [5, 5.41) is 2.51. The molecule has 78 valence electrons. The van der Waals surface area contributed by atoms with Gasteiger partial charge in [0.05, 0.1) is 5.69 Å². The Kier molecular flexibility index (Phi) is 4.04. The third-order valence-corrected chi connectivity index (χ3v) is 2.26. The van der Waals surface area contributed by atoms with Gasteiger partial charge in [-0.05, 0) is 42.1 Å². The van der Waals surface area contributed by atoms with Gasteiger partial charge in [0.15, 0.2) is 0 Å². The van der Waals surface area contributed by atoms with Crippen molar-refractivity contribution < 1.29 is 0 Å². The highest BCUT2D eigenvalue weighted by atomic mass is 14.7. The van der Waals surface area contributed by atoms with Crippen LogP contribution in [-0.2, 0) is 0 Å². The minimum atomic E-state index is 0.929. The van der Waals surface area contributed by atoms with Crippen LogP contribution in [-0.4, -0.2) is 6.72 Å². The van der Waals surface area contributed by atoms with Crippen molar-refractivity contribution in [2.24, 2.45) is 4.99 Å². The van der Waals surface area contributed by atoms with Gasteiger partial charge in [-0.2, -0.15) is 0 Å². The average Bonchev–Trinajstić information content (AvgIpc) is 2.31. The van der Waals surface area contributed by atoms with Crippen LogP contribution in [0.2, 0.25) is 0 Å². The first-order valence-corrected chi connectivity index (χ1v) is 5.27. The highest BCUT2D eigenvalue weighted by molar-refractivity contribution is 5.88. The summed E-state index contributed by atoms with van der Waals surface area (Å²) in [4.78, 5) is 3.90. The predicted octanol–water partition coefficient (Wildman–Crippen LogP) is 4.51. The molecule has 0 saturated carbocycles. The Morgan fingerprint density at radius 3 is 2.47 bits per heavy atom. The van der Waals surface area contributed by atoms with E-state index in [-0.39, 0.29) is 0 Å². The van der Waals surface area contributed by atoms with Gasteiger partial charge in [0.1, 0.15) is 0 Å². The van der Waals surface area contributed by atoms with Crippen LogP contribution >= 0.6 is 0 Å². The number of aryl methyl sites for hydroxylation is 1. The molecule has 2 aromatic carbocycles. The van der Waals surface area contributed by atoms with E-state index in [9.17, 15) is 0 Å². The Bertz CT molecular complexity index is 458. The highest BCUT2D eigenvalue weighted by Gasteiger charge is 1.96. The molecule has 0 unspecified atom stereocenters. The molecule has 0 spiro atoms. The first kappa shape index (κ1) is 11.4. The van der Waals surface area contributed by atoms with Crippen LogP contribution in [0.15, 0.2) is 41.4 Å². The van der Waals surface area contributed by atoms with E-state index < -0.39 is 0 Å². The molecule has 1 heteroatoms. The summed E-state index contributed by atoms with van der Waals surface area (Å²) in [6.07, 6.45) is 0. The molecule has 0 saturated heterocycles. The van der Waals surface area contributed by atoms with Crippen molar-refractivity contribution in [3.05, 3.63) is 42.0 Å². The summed E-state index contributed by atoms with van der Waals surface area (Å²) in [6, 6.07) is 12.4. The molecule has 0 aliphatic rings. The number of rotatable bonds is 1. The summed E-state index contributed by atoms with van der Waals surface area (Å²) < 4.78 is 0. The predicted molar refractivity (Wildman–Crippen MR) is 69.2 cm³/mol. The molecule has 0 bridgehead atoms. The fraction of sp³-hybridized carbons (Fsp3) is 0.214. The minimum absolute atomic E-state index is 0.929. The molecule has 1 nitrogen and oxygen atoms in total. The SMILES string of the molecule is C=Nc1ccc2c(C)cccc2c1.CC. The molecular weight excluding hydrogens is 182 g/mol. The molecule has 0 aliphatic heterocycles. The Labute approximate surface area is 91.5 Å². The normalized spacial score (nSPS) is 9.27. The third-order valence-electron chi connectivity index (χ3n) is 2.26. The van der Waals surface area contributed by atoms with E-state index in [1.165, 1.54) is 16.3 Å². The molecule has 0 aliphatic carbocycles. The fourth-order valence-corrected chi connectivity index (χ4v) is 1.53. The van der Waals surface area contributed by atoms with Gasteiger partial charge in [0.2, 0.25) is 0 Å². The lowest BCUT2D eigenvalue weighted by Gasteiger charge is -2.01. The number of nitrogens with zero attached hydrogens (tertiary/aromatic N) is 1. The van der Waals surface area contributed by atoms with E-state index in [0.29, 0.717) is 0 Å². The molecule has 0 aromatic heterocycles. The second-order valence-corrected chi connectivity index (χ2v) is 3.14. The molecule has 2 aromatic rings. The molecule has 0 atom stereocenters. The van der Waals surface area contributed by atoms with Gasteiger partial charge in [0.25, 0.3) is 0 Å². The largest absolute Gasteiger partial charge is 0.265 e. The van der Waals surface area contributed by atoms with Gasteiger partial charge in [-0.25, -0.2) is 0 Å². The quantitative estimate of drug-likeness (QED) is 0.599. The number of benzene rings is 2. The molecule has 0 N–H and O–H groups in total. The lowest BCUT2D eigenvalue weighted by molar-refractivity contribution is 1.50. The zero-order chi connectivity index (χ0) is 11.3. The van der Waals surface area contributed by atoms with Crippen LogP contribution in [0.25, 0.3) is 10.8 Å². The van der Waals surface area contributed by atoms with Gasteiger partial charge in [0, 0.05) is 0 Å². The van der Waals surface area contributed by atoms with Crippen LogP contribution in [0.4, 0.5) is 5.69 Å². The molecule has 0 radical (unpaired) electrons. The lowest BCUT2D eigenvalue weighted by atomic mass is 10.1. The van der Waals surface area contributed by atoms with Gasteiger partial charge in [-0.15, -0.1) is 0 Å². The average molecular weight is 199 g/mol. The maximum atomic E-state index is 3.90. The molecule has 0 heterocycles. The molecule has 0 fully saturated rings. The minimum Gasteiger partial charge on any atom is -0.265 e. The molecule has 0 amide bonds. The van der Waals surface area contributed by atoms with E-state index in [4.69, 9.17) is 0 Å². The van der Waals surface area contributed by atoms with Gasteiger partial charge in [-0.3, -0.25) is 4.99 Å². The Morgan fingerprint density at radius 2 is 1.80 bits per heavy atom. The van der Waals surface area contributed by atoms with Crippen LogP contribution < -0.4 is 0 Å². The van der Waals surface area contributed by atoms with E-state index in [2.05, 4.69) is 49.0 Å². The van der Waals surface area contributed by atoms with Gasteiger partial charge >= 0.3 is 0 Å².